The van der Waals surface area contributed by atoms with Crippen LogP contribution in [-0.4, -0.2) is 45.0 Å². The predicted octanol–water partition coefficient (Wildman–Crippen LogP) is 2.70. The Morgan fingerprint density at radius 1 is 1.16 bits per heavy atom. The Balaban J connectivity index is 2.56. The summed E-state index contributed by atoms with van der Waals surface area (Å²) in [7, 11) is 4.26. The molecule has 0 spiro atoms. The molecular formula is C13H18F3NO2. The van der Waals surface area contributed by atoms with Crippen molar-refractivity contribution in [3.05, 3.63) is 29.8 Å². The largest absolute Gasteiger partial charge is 0.497 e. The van der Waals surface area contributed by atoms with Gasteiger partial charge >= 0.3 is 6.18 Å². The molecule has 1 aromatic rings. The SMILES string of the molecule is COc1ccc(CN(C)C[C@H](OC)C(F)(F)F)cc1. The van der Waals surface area contributed by atoms with Crippen molar-refractivity contribution in [2.24, 2.45) is 0 Å². The van der Waals surface area contributed by atoms with Crippen LogP contribution < -0.4 is 4.74 Å². The van der Waals surface area contributed by atoms with Gasteiger partial charge in [0.05, 0.1) is 7.11 Å². The average Bonchev–Trinajstić information content (AvgIpc) is 2.35. The molecule has 19 heavy (non-hydrogen) atoms. The molecule has 0 aliphatic rings. The standard InChI is InChI=1S/C13H18F3NO2/c1-17(9-12(19-3)13(14,15)16)8-10-4-6-11(18-2)7-5-10/h4-7,12H,8-9H2,1-3H3/t12-/m0/s1. The molecule has 0 amide bonds. The number of nitrogens with zero attached hydrogens (tertiary/aromatic N) is 1. The van der Waals surface area contributed by atoms with E-state index in [4.69, 9.17) is 4.74 Å². The molecule has 0 bridgehead atoms. The van der Waals surface area contributed by atoms with Gasteiger partial charge < -0.3 is 9.47 Å². The zero-order valence-electron chi connectivity index (χ0n) is 11.2. The van der Waals surface area contributed by atoms with Crippen LogP contribution in [0.25, 0.3) is 0 Å². The maximum atomic E-state index is 12.6. The zero-order chi connectivity index (χ0) is 14.5. The fourth-order valence-corrected chi connectivity index (χ4v) is 1.70. The van der Waals surface area contributed by atoms with Crippen molar-refractivity contribution in [2.45, 2.75) is 18.8 Å². The molecule has 0 saturated heterocycles. The van der Waals surface area contributed by atoms with Crippen molar-refractivity contribution in [3.8, 4) is 5.75 Å². The third-order valence-electron chi connectivity index (χ3n) is 2.74. The van der Waals surface area contributed by atoms with Gasteiger partial charge in [0.2, 0.25) is 0 Å². The number of halogens is 3. The molecule has 0 fully saturated rings. The number of benzene rings is 1. The minimum absolute atomic E-state index is 0.202. The fourth-order valence-electron chi connectivity index (χ4n) is 1.70. The molecule has 0 aromatic heterocycles. The highest BCUT2D eigenvalue weighted by Crippen LogP contribution is 2.23. The number of alkyl halides is 3. The number of likely N-dealkylation sites (N-methyl/N-ethyl adjacent to an activating group) is 1. The van der Waals surface area contributed by atoms with Crippen molar-refractivity contribution in [2.75, 3.05) is 27.8 Å². The van der Waals surface area contributed by atoms with Crippen LogP contribution in [-0.2, 0) is 11.3 Å². The Hall–Kier alpha value is -1.27. The number of ether oxygens (including phenoxy) is 2. The first-order chi connectivity index (χ1) is 8.86. The van der Waals surface area contributed by atoms with Crippen LogP contribution >= 0.6 is 0 Å². The van der Waals surface area contributed by atoms with Crippen LogP contribution in [0.5, 0.6) is 5.75 Å². The van der Waals surface area contributed by atoms with E-state index in [0.29, 0.717) is 6.54 Å². The van der Waals surface area contributed by atoms with E-state index in [9.17, 15) is 13.2 Å². The quantitative estimate of drug-likeness (QED) is 0.798. The Kier molecular flexibility index (Phi) is 5.62. The summed E-state index contributed by atoms with van der Waals surface area (Å²) in [5.41, 5.74) is 0.917. The van der Waals surface area contributed by atoms with Crippen LogP contribution in [0.4, 0.5) is 13.2 Å². The molecule has 0 aliphatic heterocycles. The first-order valence-electron chi connectivity index (χ1n) is 5.77. The van der Waals surface area contributed by atoms with E-state index in [2.05, 4.69) is 4.74 Å². The van der Waals surface area contributed by atoms with Gasteiger partial charge in [0.15, 0.2) is 6.10 Å². The van der Waals surface area contributed by atoms with Gasteiger partial charge in [0, 0.05) is 20.2 Å². The van der Waals surface area contributed by atoms with Crippen molar-refractivity contribution in [1.29, 1.82) is 0 Å². The molecule has 1 aromatic carbocycles. The number of rotatable bonds is 6. The van der Waals surface area contributed by atoms with E-state index in [1.54, 1.807) is 31.2 Å². The molecule has 3 nitrogen and oxygen atoms in total. The van der Waals surface area contributed by atoms with Gasteiger partial charge in [-0.25, -0.2) is 0 Å². The Morgan fingerprint density at radius 2 is 1.74 bits per heavy atom. The number of hydrogen-bond donors (Lipinski definition) is 0. The lowest BCUT2D eigenvalue weighted by Crippen LogP contribution is -2.40. The highest BCUT2D eigenvalue weighted by Gasteiger charge is 2.40. The summed E-state index contributed by atoms with van der Waals surface area (Å²) in [6.45, 7) is 0.214. The van der Waals surface area contributed by atoms with Crippen LogP contribution in [0, 0.1) is 0 Å². The van der Waals surface area contributed by atoms with Crippen molar-refractivity contribution >= 4 is 0 Å². The highest BCUT2D eigenvalue weighted by atomic mass is 19.4. The summed E-state index contributed by atoms with van der Waals surface area (Å²) < 4.78 is 47.1. The molecule has 0 N–H and O–H groups in total. The van der Waals surface area contributed by atoms with Gasteiger partial charge in [0.1, 0.15) is 5.75 Å². The van der Waals surface area contributed by atoms with Gasteiger partial charge in [-0.3, -0.25) is 4.90 Å². The van der Waals surface area contributed by atoms with E-state index >= 15 is 0 Å². The molecule has 0 saturated carbocycles. The molecule has 0 radical (unpaired) electrons. The van der Waals surface area contributed by atoms with Crippen LogP contribution in [0.2, 0.25) is 0 Å². The molecule has 1 rings (SSSR count). The van der Waals surface area contributed by atoms with E-state index < -0.39 is 12.3 Å². The molecule has 0 aliphatic carbocycles. The molecule has 108 valence electrons. The fraction of sp³-hybridized carbons (Fsp3) is 0.538. The zero-order valence-corrected chi connectivity index (χ0v) is 11.2. The molecule has 0 heterocycles. The Labute approximate surface area is 110 Å². The topological polar surface area (TPSA) is 21.7 Å². The summed E-state index contributed by atoms with van der Waals surface area (Å²) in [4.78, 5) is 1.57. The maximum Gasteiger partial charge on any atom is 0.415 e. The van der Waals surface area contributed by atoms with Crippen molar-refractivity contribution < 1.29 is 22.6 Å². The summed E-state index contributed by atoms with van der Waals surface area (Å²) in [5, 5.41) is 0. The normalized spacial score (nSPS) is 13.6. The number of hydrogen-bond acceptors (Lipinski definition) is 3. The van der Waals surface area contributed by atoms with Gasteiger partial charge in [-0.05, 0) is 24.7 Å². The molecule has 1 atom stereocenters. The second kappa shape index (κ2) is 6.77. The third-order valence-corrected chi connectivity index (χ3v) is 2.74. The van der Waals surface area contributed by atoms with Crippen LogP contribution in [0.15, 0.2) is 24.3 Å². The van der Waals surface area contributed by atoms with Crippen LogP contribution in [0.3, 0.4) is 0 Å². The summed E-state index contributed by atoms with van der Waals surface area (Å²) in [5.74, 6) is 0.719. The Bertz CT molecular complexity index is 378. The van der Waals surface area contributed by atoms with Gasteiger partial charge in [-0.2, -0.15) is 13.2 Å². The first-order valence-corrected chi connectivity index (χ1v) is 5.77. The second-order valence-electron chi connectivity index (χ2n) is 4.31. The smallest absolute Gasteiger partial charge is 0.415 e. The van der Waals surface area contributed by atoms with E-state index in [-0.39, 0.29) is 6.54 Å². The first kappa shape index (κ1) is 15.8. The Morgan fingerprint density at radius 3 is 2.16 bits per heavy atom. The number of methoxy groups -OCH3 is 2. The van der Waals surface area contributed by atoms with Crippen LogP contribution in [0.1, 0.15) is 5.56 Å². The summed E-state index contributed by atoms with van der Waals surface area (Å²) in [6.07, 6.45) is -6.11. The lowest BCUT2D eigenvalue weighted by Gasteiger charge is -2.24. The van der Waals surface area contributed by atoms with E-state index in [1.165, 1.54) is 0 Å². The van der Waals surface area contributed by atoms with Gasteiger partial charge in [-0.15, -0.1) is 0 Å². The monoisotopic (exact) mass is 277 g/mol. The summed E-state index contributed by atoms with van der Waals surface area (Å²) in [6, 6.07) is 7.21. The van der Waals surface area contributed by atoms with E-state index in [1.807, 2.05) is 12.1 Å². The average molecular weight is 277 g/mol. The highest BCUT2D eigenvalue weighted by molar-refractivity contribution is 5.27. The minimum atomic E-state index is -4.34. The van der Waals surface area contributed by atoms with Crippen molar-refractivity contribution in [3.63, 3.8) is 0 Å². The third kappa shape index (κ3) is 5.08. The lowest BCUT2D eigenvalue weighted by atomic mass is 10.2. The van der Waals surface area contributed by atoms with Gasteiger partial charge in [0.25, 0.3) is 0 Å². The lowest BCUT2D eigenvalue weighted by molar-refractivity contribution is -0.216. The summed E-state index contributed by atoms with van der Waals surface area (Å²) >= 11 is 0. The molecular weight excluding hydrogens is 259 g/mol. The van der Waals surface area contributed by atoms with Gasteiger partial charge in [-0.1, -0.05) is 12.1 Å². The maximum absolute atomic E-state index is 12.6. The molecule has 6 heteroatoms. The second-order valence-corrected chi connectivity index (χ2v) is 4.31. The predicted molar refractivity (Wildman–Crippen MR) is 66.2 cm³/mol. The van der Waals surface area contributed by atoms with Crippen molar-refractivity contribution in [1.82, 2.24) is 4.90 Å². The molecule has 0 unspecified atom stereocenters. The van der Waals surface area contributed by atoms with E-state index in [0.717, 1.165) is 18.4 Å². The minimum Gasteiger partial charge on any atom is -0.497 e.